The van der Waals surface area contributed by atoms with Crippen molar-refractivity contribution in [3.05, 3.63) is 57.5 Å². The van der Waals surface area contributed by atoms with Crippen LogP contribution in [0.15, 0.2) is 35.2 Å². The number of Topliss-reactive ketones (excluding diaryl/α,β-unsaturated/α-hetero) is 1. The summed E-state index contributed by atoms with van der Waals surface area (Å²) in [5.74, 6) is -0.178. The van der Waals surface area contributed by atoms with E-state index >= 15 is 0 Å². The molecule has 0 aliphatic heterocycles. The first-order valence-electron chi connectivity index (χ1n) is 8.50. The van der Waals surface area contributed by atoms with Crippen LogP contribution in [0.25, 0.3) is 11.0 Å². The third kappa shape index (κ3) is 3.98. The van der Waals surface area contributed by atoms with Crippen LogP contribution in [0.1, 0.15) is 28.4 Å². The molecule has 1 aromatic carbocycles. The Bertz CT molecular complexity index is 1020. The molecule has 8 heteroatoms. The summed E-state index contributed by atoms with van der Waals surface area (Å²) in [7, 11) is 1.50. The molecule has 0 saturated heterocycles. The lowest BCUT2D eigenvalue weighted by molar-refractivity contribution is -0.142. The number of benzene rings is 1. The first kappa shape index (κ1) is 20.2. The van der Waals surface area contributed by atoms with E-state index in [0.717, 1.165) is 0 Å². The van der Waals surface area contributed by atoms with E-state index < -0.39 is 5.97 Å². The molecule has 0 atom stereocenters. The molecular formula is C20H17Cl2NO5. The summed E-state index contributed by atoms with van der Waals surface area (Å²) < 4.78 is 15.9. The van der Waals surface area contributed by atoms with Gasteiger partial charge in [-0.3, -0.25) is 14.6 Å². The van der Waals surface area contributed by atoms with E-state index in [4.69, 9.17) is 37.1 Å². The monoisotopic (exact) mass is 421 g/mol. The van der Waals surface area contributed by atoms with Crippen LogP contribution < -0.4 is 4.74 Å². The number of esters is 1. The number of halogens is 2. The molecule has 0 radical (unpaired) electrons. The quantitative estimate of drug-likeness (QED) is 0.407. The highest BCUT2D eigenvalue weighted by Crippen LogP contribution is 2.34. The van der Waals surface area contributed by atoms with Gasteiger partial charge in [0.05, 0.1) is 36.4 Å². The van der Waals surface area contributed by atoms with Crippen molar-refractivity contribution in [1.82, 2.24) is 4.98 Å². The van der Waals surface area contributed by atoms with Gasteiger partial charge in [0, 0.05) is 40.9 Å². The maximum Gasteiger partial charge on any atom is 0.310 e. The molecule has 0 N–H and O–H groups in total. The Morgan fingerprint density at radius 3 is 2.50 bits per heavy atom. The number of fused-ring (bicyclic) bond motifs is 1. The minimum atomic E-state index is -0.411. The SMILES string of the molecule is CCOC(=O)Cc1coc2c(OC)ccc(C(=O)Cc3c(Cl)cncc3Cl)c12. The van der Waals surface area contributed by atoms with Crippen molar-refractivity contribution in [3.63, 3.8) is 0 Å². The van der Waals surface area contributed by atoms with Crippen molar-refractivity contribution in [2.75, 3.05) is 13.7 Å². The molecule has 0 aliphatic carbocycles. The molecule has 3 rings (SSSR count). The Kier molecular flexibility index (Phi) is 6.21. The smallest absolute Gasteiger partial charge is 0.310 e. The highest BCUT2D eigenvalue weighted by molar-refractivity contribution is 6.36. The summed E-state index contributed by atoms with van der Waals surface area (Å²) in [4.78, 5) is 28.9. The van der Waals surface area contributed by atoms with Gasteiger partial charge in [-0.15, -0.1) is 0 Å². The van der Waals surface area contributed by atoms with E-state index in [9.17, 15) is 9.59 Å². The van der Waals surface area contributed by atoms with E-state index in [1.165, 1.54) is 25.8 Å². The third-order valence-corrected chi connectivity index (χ3v) is 4.86. The predicted molar refractivity (Wildman–Crippen MR) is 105 cm³/mol. The van der Waals surface area contributed by atoms with Crippen molar-refractivity contribution >= 4 is 45.9 Å². The fourth-order valence-corrected chi connectivity index (χ4v) is 3.44. The number of hydrogen-bond donors (Lipinski definition) is 0. The number of rotatable bonds is 7. The molecule has 0 aliphatic rings. The summed E-state index contributed by atoms with van der Waals surface area (Å²) in [6, 6.07) is 3.28. The highest BCUT2D eigenvalue weighted by Gasteiger charge is 2.22. The summed E-state index contributed by atoms with van der Waals surface area (Å²) in [6.07, 6.45) is 4.26. The van der Waals surface area contributed by atoms with Crippen LogP contribution in [0.4, 0.5) is 0 Å². The number of carbonyl (C=O) groups excluding carboxylic acids is 2. The molecule has 28 heavy (non-hydrogen) atoms. The Labute approximate surface area is 171 Å². The van der Waals surface area contributed by atoms with Crippen LogP contribution in [0.2, 0.25) is 10.0 Å². The average molecular weight is 422 g/mol. The zero-order chi connectivity index (χ0) is 20.3. The van der Waals surface area contributed by atoms with Gasteiger partial charge in [-0.25, -0.2) is 0 Å². The van der Waals surface area contributed by atoms with Crippen LogP contribution in [-0.2, 0) is 22.4 Å². The molecule has 146 valence electrons. The van der Waals surface area contributed by atoms with E-state index in [-0.39, 0.29) is 25.2 Å². The zero-order valence-electron chi connectivity index (χ0n) is 15.3. The lowest BCUT2D eigenvalue weighted by atomic mass is 9.97. The molecule has 0 fully saturated rings. The van der Waals surface area contributed by atoms with E-state index in [1.807, 2.05) is 0 Å². The molecule has 0 bridgehead atoms. The lowest BCUT2D eigenvalue weighted by Gasteiger charge is -2.09. The van der Waals surface area contributed by atoms with Gasteiger partial charge in [-0.2, -0.15) is 0 Å². The number of pyridine rings is 1. The van der Waals surface area contributed by atoms with Crippen LogP contribution >= 0.6 is 23.2 Å². The Morgan fingerprint density at radius 2 is 1.86 bits per heavy atom. The molecule has 0 unspecified atom stereocenters. The number of nitrogens with zero attached hydrogens (tertiary/aromatic N) is 1. The molecule has 2 heterocycles. The third-order valence-electron chi connectivity index (χ3n) is 4.21. The number of ether oxygens (including phenoxy) is 2. The van der Waals surface area contributed by atoms with Gasteiger partial charge < -0.3 is 13.9 Å². The van der Waals surface area contributed by atoms with Crippen molar-refractivity contribution in [3.8, 4) is 5.75 Å². The number of carbonyl (C=O) groups is 2. The van der Waals surface area contributed by atoms with Gasteiger partial charge in [0.15, 0.2) is 17.1 Å². The number of ketones is 1. The van der Waals surface area contributed by atoms with Crippen molar-refractivity contribution < 1.29 is 23.5 Å². The topological polar surface area (TPSA) is 78.6 Å². The van der Waals surface area contributed by atoms with Crippen molar-refractivity contribution in [2.45, 2.75) is 19.8 Å². The molecule has 3 aromatic rings. The van der Waals surface area contributed by atoms with Gasteiger partial charge in [0.25, 0.3) is 0 Å². The first-order valence-corrected chi connectivity index (χ1v) is 9.25. The fraction of sp³-hybridized carbons (Fsp3) is 0.250. The summed E-state index contributed by atoms with van der Waals surface area (Å²) in [5, 5.41) is 1.13. The average Bonchev–Trinajstić information content (AvgIpc) is 3.08. The summed E-state index contributed by atoms with van der Waals surface area (Å²) in [5.41, 5.74) is 1.80. The Balaban J connectivity index is 2.05. The van der Waals surface area contributed by atoms with Crippen LogP contribution in [-0.4, -0.2) is 30.5 Å². The zero-order valence-corrected chi connectivity index (χ0v) is 16.8. The molecule has 0 spiro atoms. The van der Waals surface area contributed by atoms with Crippen LogP contribution in [0.5, 0.6) is 5.75 Å². The molecule has 0 amide bonds. The molecule has 0 saturated carbocycles. The second kappa shape index (κ2) is 8.63. The van der Waals surface area contributed by atoms with Crippen LogP contribution in [0.3, 0.4) is 0 Å². The van der Waals surface area contributed by atoms with Gasteiger partial charge >= 0.3 is 5.97 Å². The van der Waals surface area contributed by atoms with E-state index in [2.05, 4.69) is 4.98 Å². The number of aromatic nitrogens is 1. The number of methoxy groups -OCH3 is 1. The molecular weight excluding hydrogens is 405 g/mol. The fourth-order valence-electron chi connectivity index (χ4n) is 2.94. The van der Waals surface area contributed by atoms with Gasteiger partial charge in [-0.05, 0) is 19.1 Å². The van der Waals surface area contributed by atoms with Gasteiger partial charge in [0.1, 0.15) is 0 Å². The number of hydrogen-bond acceptors (Lipinski definition) is 6. The van der Waals surface area contributed by atoms with Gasteiger partial charge in [0.2, 0.25) is 0 Å². The first-order chi connectivity index (χ1) is 13.5. The maximum atomic E-state index is 13.1. The molecule has 6 nitrogen and oxygen atoms in total. The Morgan fingerprint density at radius 1 is 1.14 bits per heavy atom. The summed E-state index contributed by atoms with van der Waals surface area (Å²) >= 11 is 12.3. The van der Waals surface area contributed by atoms with Crippen molar-refractivity contribution in [1.29, 1.82) is 0 Å². The lowest BCUT2D eigenvalue weighted by Crippen LogP contribution is -2.09. The number of furan rings is 1. The predicted octanol–water partition coefficient (Wildman–Crippen LogP) is 4.67. The van der Waals surface area contributed by atoms with E-state index in [1.54, 1.807) is 19.1 Å². The normalized spacial score (nSPS) is 10.9. The van der Waals surface area contributed by atoms with Crippen molar-refractivity contribution in [2.24, 2.45) is 0 Å². The van der Waals surface area contributed by atoms with Crippen LogP contribution in [0, 0.1) is 0 Å². The largest absolute Gasteiger partial charge is 0.493 e. The van der Waals surface area contributed by atoms with E-state index in [0.29, 0.717) is 43.5 Å². The maximum absolute atomic E-state index is 13.1. The minimum Gasteiger partial charge on any atom is -0.493 e. The summed E-state index contributed by atoms with van der Waals surface area (Å²) in [6.45, 7) is 1.99. The second-order valence-electron chi connectivity index (χ2n) is 5.94. The Hall–Kier alpha value is -2.57. The second-order valence-corrected chi connectivity index (χ2v) is 6.76. The standard InChI is InChI=1S/C20H17Cl2NO5/c1-3-27-18(25)6-11-10-28-20-17(26-2)5-4-12(19(11)20)16(24)7-13-14(21)8-23-9-15(13)22/h4-5,8-10H,3,6-7H2,1-2H3. The van der Waals surface area contributed by atoms with Gasteiger partial charge in [-0.1, -0.05) is 23.2 Å². The minimum absolute atomic E-state index is 0.0222. The highest BCUT2D eigenvalue weighted by atomic mass is 35.5. The molecule has 2 aromatic heterocycles.